The van der Waals surface area contributed by atoms with Crippen molar-refractivity contribution in [2.75, 3.05) is 5.32 Å². The number of anilines is 1. The number of carboxylic acids is 1. The van der Waals surface area contributed by atoms with Crippen molar-refractivity contribution < 1.29 is 14.6 Å². The van der Waals surface area contributed by atoms with Gasteiger partial charge in [-0.25, -0.2) is 14.8 Å². The summed E-state index contributed by atoms with van der Waals surface area (Å²) >= 11 is 1.22. The lowest BCUT2D eigenvalue weighted by Crippen LogP contribution is -2.31. The summed E-state index contributed by atoms with van der Waals surface area (Å²) in [4.78, 5) is 20.6. The molecule has 1 fully saturated rings. The number of aromatic carboxylic acids is 1. The first-order valence-electron chi connectivity index (χ1n) is 9.38. The summed E-state index contributed by atoms with van der Waals surface area (Å²) in [6, 6.07) is 2.08. The predicted molar refractivity (Wildman–Crippen MR) is 110 cm³/mol. The van der Waals surface area contributed by atoms with Gasteiger partial charge in [-0.05, 0) is 52.5 Å². The SMILES string of the molecule is CC(C)(C)C#Cc1cc(N[C@H]2CC[C@H](Oc3cncnc3)CC2)c(C(=O)O)s1. The van der Waals surface area contributed by atoms with Crippen LogP contribution in [0.1, 0.15) is 61.0 Å². The summed E-state index contributed by atoms with van der Waals surface area (Å²) in [6.45, 7) is 6.10. The van der Waals surface area contributed by atoms with E-state index < -0.39 is 5.97 Å². The maximum Gasteiger partial charge on any atom is 0.348 e. The first-order chi connectivity index (χ1) is 13.3. The monoisotopic (exact) mass is 399 g/mol. The molecule has 2 aromatic rings. The highest BCUT2D eigenvalue weighted by Gasteiger charge is 2.25. The lowest BCUT2D eigenvalue weighted by molar-refractivity contribution is 0.0703. The van der Waals surface area contributed by atoms with E-state index in [1.165, 1.54) is 17.7 Å². The largest absolute Gasteiger partial charge is 0.487 e. The first kappa shape index (κ1) is 20.2. The first-order valence-corrected chi connectivity index (χ1v) is 10.2. The van der Waals surface area contributed by atoms with Crippen molar-refractivity contribution in [1.29, 1.82) is 0 Å². The van der Waals surface area contributed by atoms with Gasteiger partial charge < -0.3 is 15.2 Å². The Kier molecular flexibility index (Phi) is 6.20. The average molecular weight is 400 g/mol. The minimum Gasteiger partial charge on any atom is -0.487 e. The fraction of sp³-hybridized carbons (Fsp3) is 0.476. The van der Waals surface area contributed by atoms with E-state index in [0.29, 0.717) is 16.3 Å². The van der Waals surface area contributed by atoms with Gasteiger partial charge in [0.2, 0.25) is 0 Å². The highest BCUT2D eigenvalue weighted by atomic mass is 32.1. The summed E-state index contributed by atoms with van der Waals surface area (Å²) in [6.07, 6.45) is 8.58. The van der Waals surface area contributed by atoms with Crippen molar-refractivity contribution in [2.24, 2.45) is 5.41 Å². The molecule has 0 amide bonds. The van der Waals surface area contributed by atoms with E-state index in [0.717, 1.165) is 30.6 Å². The predicted octanol–water partition coefficient (Wildman–Crippen LogP) is 4.44. The van der Waals surface area contributed by atoms with Crippen LogP contribution in [0.3, 0.4) is 0 Å². The summed E-state index contributed by atoms with van der Waals surface area (Å²) < 4.78 is 5.92. The number of nitrogens with zero attached hydrogens (tertiary/aromatic N) is 2. The van der Waals surface area contributed by atoms with Gasteiger partial charge in [0.25, 0.3) is 0 Å². The van der Waals surface area contributed by atoms with Gasteiger partial charge in [0, 0.05) is 11.5 Å². The molecule has 7 heteroatoms. The normalized spacial score (nSPS) is 19.4. The standard InChI is InChI=1S/C21H25N3O3S/c1-21(2,3)9-8-17-10-18(19(28-17)20(25)26)24-14-4-6-15(7-5-14)27-16-11-22-13-23-12-16/h10-15,24H,4-7H2,1-3H3,(H,25,26)/t14-,15-. The molecular formula is C21H25N3O3S. The molecule has 1 aliphatic carbocycles. The smallest absolute Gasteiger partial charge is 0.348 e. The lowest BCUT2D eigenvalue weighted by atomic mass is 9.92. The van der Waals surface area contributed by atoms with E-state index >= 15 is 0 Å². The topological polar surface area (TPSA) is 84.3 Å². The van der Waals surface area contributed by atoms with Crippen molar-refractivity contribution in [3.05, 3.63) is 34.5 Å². The van der Waals surface area contributed by atoms with E-state index in [1.54, 1.807) is 12.4 Å². The van der Waals surface area contributed by atoms with Crippen LogP contribution in [0.25, 0.3) is 0 Å². The van der Waals surface area contributed by atoms with Crippen LogP contribution in [-0.4, -0.2) is 33.2 Å². The highest BCUT2D eigenvalue weighted by Crippen LogP contribution is 2.31. The molecule has 2 heterocycles. The number of hydrogen-bond acceptors (Lipinski definition) is 6. The number of ether oxygens (including phenoxy) is 1. The minimum absolute atomic E-state index is 0.122. The Balaban J connectivity index is 1.61. The Morgan fingerprint density at radius 3 is 2.54 bits per heavy atom. The molecular weight excluding hydrogens is 374 g/mol. The van der Waals surface area contributed by atoms with Gasteiger partial charge in [0.15, 0.2) is 5.75 Å². The Bertz CT molecular complexity index is 870. The van der Waals surface area contributed by atoms with Crippen LogP contribution < -0.4 is 10.1 Å². The van der Waals surface area contributed by atoms with Crippen LogP contribution in [0.4, 0.5) is 5.69 Å². The summed E-state index contributed by atoms with van der Waals surface area (Å²) in [7, 11) is 0. The number of hydrogen-bond donors (Lipinski definition) is 2. The third kappa shape index (κ3) is 5.70. The van der Waals surface area contributed by atoms with Gasteiger partial charge in [-0.15, -0.1) is 11.3 Å². The number of carboxylic acid groups (broad SMARTS) is 1. The van der Waals surface area contributed by atoms with Crippen molar-refractivity contribution >= 4 is 23.0 Å². The molecule has 0 aliphatic heterocycles. The molecule has 148 valence electrons. The van der Waals surface area contributed by atoms with Gasteiger partial charge in [0.05, 0.1) is 29.1 Å². The maximum atomic E-state index is 11.6. The van der Waals surface area contributed by atoms with Crippen LogP contribution in [0.15, 0.2) is 24.8 Å². The Morgan fingerprint density at radius 2 is 1.93 bits per heavy atom. The average Bonchev–Trinajstić information content (AvgIpc) is 3.05. The van der Waals surface area contributed by atoms with Crippen molar-refractivity contribution in [2.45, 2.75) is 58.6 Å². The second-order valence-corrected chi connectivity index (χ2v) is 9.02. The second kappa shape index (κ2) is 8.61. The fourth-order valence-corrected chi connectivity index (χ4v) is 3.87. The molecule has 28 heavy (non-hydrogen) atoms. The van der Waals surface area contributed by atoms with E-state index in [-0.39, 0.29) is 17.6 Å². The zero-order valence-corrected chi connectivity index (χ0v) is 17.2. The van der Waals surface area contributed by atoms with Crippen LogP contribution in [0.2, 0.25) is 0 Å². The Morgan fingerprint density at radius 1 is 1.25 bits per heavy atom. The Hall–Kier alpha value is -2.59. The quantitative estimate of drug-likeness (QED) is 0.723. The number of rotatable bonds is 5. The van der Waals surface area contributed by atoms with Gasteiger partial charge in [0.1, 0.15) is 11.2 Å². The molecule has 0 bridgehead atoms. The van der Waals surface area contributed by atoms with Crippen LogP contribution in [0, 0.1) is 17.3 Å². The minimum atomic E-state index is -0.919. The summed E-state index contributed by atoms with van der Waals surface area (Å²) in [5.41, 5.74) is 0.542. The molecule has 6 nitrogen and oxygen atoms in total. The molecule has 0 radical (unpaired) electrons. The number of aromatic nitrogens is 2. The lowest BCUT2D eigenvalue weighted by Gasteiger charge is -2.29. The third-order valence-corrected chi connectivity index (χ3v) is 5.40. The molecule has 0 unspecified atom stereocenters. The molecule has 2 N–H and O–H groups in total. The molecule has 0 atom stereocenters. The Labute approximate surface area is 169 Å². The van der Waals surface area contributed by atoms with Crippen LogP contribution in [0.5, 0.6) is 5.75 Å². The summed E-state index contributed by atoms with van der Waals surface area (Å²) in [5.74, 6) is 6.04. The molecule has 1 saturated carbocycles. The maximum absolute atomic E-state index is 11.6. The van der Waals surface area contributed by atoms with Gasteiger partial charge in [-0.2, -0.15) is 0 Å². The van der Waals surface area contributed by atoms with E-state index in [4.69, 9.17) is 4.74 Å². The van der Waals surface area contributed by atoms with Gasteiger partial charge in [-0.1, -0.05) is 11.8 Å². The molecule has 3 rings (SSSR count). The highest BCUT2D eigenvalue weighted by molar-refractivity contribution is 7.15. The molecule has 1 aliphatic rings. The zero-order valence-electron chi connectivity index (χ0n) is 16.4. The van der Waals surface area contributed by atoms with Gasteiger partial charge in [-0.3, -0.25) is 0 Å². The molecule has 0 aromatic carbocycles. The van der Waals surface area contributed by atoms with Crippen LogP contribution in [-0.2, 0) is 0 Å². The van der Waals surface area contributed by atoms with Crippen LogP contribution >= 0.6 is 11.3 Å². The second-order valence-electron chi connectivity index (χ2n) is 7.97. The number of carbonyl (C=O) groups is 1. The third-order valence-electron chi connectivity index (χ3n) is 4.36. The number of nitrogens with one attached hydrogen (secondary N) is 1. The van der Waals surface area contributed by atoms with Gasteiger partial charge >= 0.3 is 5.97 Å². The zero-order chi connectivity index (χ0) is 20.1. The molecule has 0 spiro atoms. The van der Waals surface area contributed by atoms with E-state index in [2.05, 4.69) is 27.1 Å². The fourth-order valence-electron chi connectivity index (χ4n) is 3.05. The molecule has 2 aromatic heterocycles. The van der Waals surface area contributed by atoms with Crippen molar-refractivity contribution in [3.63, 3.8) is 0 Å². The molecule has 0 saturated heterocycles. The number of thiophene rings is 1. The summed E-state index contributed by atoms with van der Waals surface area (Å²) in [5, 5.41) is 12.9. The van der Waals surface area contributed by atoms with E-state index in [9.17, 15) is 9.90 Å². The van der Waals surface area contributed by atoms with E-state index in [1.807, 2.05) is 26.8 Å². The van der Waals surface area contributed by atoms with Crippen molar-refractivity contribution in [3.8, 4) is 17.6 Å². The van der Waals surface area contributed by atoms with Crippen molar-refractivity contribution in [1.82, 2.24) is 9.97 Å².